The van der Waals surface area contributed by atoms with Gasteiger partial charge in [0.15, 0.2) is 0 Å². The Bertz CT molecular complexity index is 654. The number of piperidine rings is 1. The molecule has 2 N–H and O–H groups in total. The van der Waals surface area contributed by atoms with E-state index in [1.54, 1.807) is 29.3 Å². The second-order valence-electron chi connectivity index (χ2n) is 5.40. The highest BCUT2D eigenvalue weighted by atomic mass is 19.4. The molecule has 1 atom stereocenters. The van der Waals surface area contributed by atoms with Crippen molar-refractivity contribution in [2.45, 2.75) is 19.0 Å². The molecular weight excluding hydrogens is 279 g/mol. The van der Waals surface area contributed by atoms with Crippen LogP contribution < -0.4 is 10.6 Å². The molecule has 21 heavy (non-hydrogen) atoms. The van der Waals surface area contributed by atoms with Gasteiger partial charge >= 0.3 is 6.18 Å². The van der Waals surface area contributed by atoms with Crippen molar-refractivity contribution in [3.63, 3.8) is 0 Å². The lowest BCUT2D eigenvalue weighted by Gasteiger charge is -2.35. The normalized spacial score (nSPS) is 20.0. The number of hydrogen-bond acceptors (Lipinski definition) is 3. The van der Waals surface area contributed by atoms with Crippen LogP contribution in [0.1, 0.15) is 12.8 Å². The number of nitrogen functional groups attached to an aromatic ring is 1. The van der Waals surface area contributed by atoms with Gasteiger partial charge in [0, 0.05) is 30.4 Å². The fourth-order valence-corrected chi connectivity index (χ4v) is 2.90. The number of alkyl halides is 3. The number of nitrogens with zero attached hydrogens (tertiary/aromatic N) is 2. The lowest BCUT2D eigenvalue weighted by atomic mass is 9.96. The minimum absolute atomic E-state index is 0.0148. The first-order valence-corrected chi connectivity index (χ1v) is 6.91. The van der Waals surface area contributed by atoms with Gasteiger partial charge in [0.05, 0.1) is 17.1 Å². The average molecular weight is 295 g/mol. The van der Waals surface area contributed by atoms with Crippen LogP contribution in [0.4, 0.5) is 24.5 Å². The Kier molecular flexibility index (Phi) is 3.39. The summed E-state index contributed by atoms with van der Waals surface area (Å²) < 4.78 is 38.8. The molecule has 2 aromatic rings. The third kappa shape index (κ3) is 2.62. The van der Waals surface area contributed by atoms with Crippen LogP contribution in [0, 0.1) is 5.92 Å². The zero-order chi connectivity index (χ0) is 15.0. The van der Waals surface area contributed by atoms with E-state index in [-0.39, 0.29) is 13.0 Å². The van der Waals surface area contributed by atoms with Gasteiger partial charge < -0.3 is 10.6 Å². The van der Waals surface area contributed by atoms with Crippen molar-refractivity contribution in [1.82, 2.24) is 4.98 Å². The van der Waals surface area contributed by atoms with E-state index in [0.717, 1.165) is 11.1 Å². The fourth-order valence-electron chi connectivity index (χ4n) is 2.90. The minimum atomic E-state index is -4.14. The van der Waals surface area contributed by atoms with Gasteiger partial charge in [-0.05, 0) is 37.1 Å². The van der Waals surface area contributed by atoms with E-state index in [2.05, 4.69) is 4.98 Å². The molecule has 1 fully saturated rings. The summed E-state index contributed by atoms with van der Waals surface area (Å²) in [5.74, 6) is -1.28. The SMILES string of the molecule is Nc1ccc(N2CCCC(C(F)(F)F)C2)c2ncccc12. The van der Waals surface area contributed by atoms with E-state index < -0.39 is 12.1 Å². The van der Waals surface area contributed by atoms with Crippen LogP contribution in [0.5, 0.6) is 0 Å². The number of pyridine rings is 1. The van der Waals surface area contributed by atoms with Crippen molar-refractivity contribution in [3.8, 4) is 0 Å². The van der Waals surface area contributed by atoms with Crippen molar-refractivity contribution < 1.29 is 13.2 Å². The first-order valence-electron chi connectivity index (χ1n) is 6.91. The van der Waals surface area contributed by atoms with Crippen LogP contribution in [-0.2, 0) is 0 Å². The van der Waals surface area contributed by atoms with E-state index >= 15 is 0 Å². The van der Waals surface area contributed by atoms with Crippen LogP contribution in [0.2, 0.25) is 0 Å². The molecule has 1 unspecified atom stereocenters. The van der Waals surface area contributed by atoms with Gasteiger partial charge in [0.25, 0.3) is 0 Å². The van der Waals surface area contributed by atoms with Crippen molar-refractivity contribution in [1.29, 1.82) is 0 Å². The molecule has 0 bridgehead atoms. The summed E-state index contributed by atoms with van der Waals surface area (Å²) in [7, 11) is 0. The molecular formula is C15H16F3N3. The Hall–Kier alpha value is -1.98. The Labute approximate surface area is 120 Å². The highest BCUT2D eigenvalue weighted by Crippen LogP contribution is 2.37. The second-order valence-corrected chi connectivity index (χ2v) is 5.40. The Morgan fingerprint density at radius 1 is 1.24 bits per heavy atom. The number of nitrogens with two attached hydrogens (primary N) is 1. The number of aromatic nitrogens is 1. The molecule has 0 aliphatic carbocycles. The van der Waals surface area contributed by atoms with Gasteiger partial charge in [0.2, 0.25) is 0 Å². The zero-order valence-corrected chi connectivity index (χ0v) is 11.4. The number of rotatable bonds is 1. The molecule has 1 aliphatic rings. The van der Waals surface area contributed by atoms with Gasteiger partial charge in [-0.3, -0.25) is 4.98 Å². The molecule has 6 heteroatoms. The Balaban J connectivity index is 1.99. The summed E-state index contributed by atoms with van der Waals surface area (Å²) in [5, 5.41) is 0.782. The monoisotopic (exact) mass is 295 g/mol. The first-order chi connectivity index (χ1) is 9.97. The van der Waals surface area contributed by atoms with Crippen LogP contribution in [0.25, 0.3) is 10.9 Å². The van der Waals surface area contributed by atoms with E-state index in [1.165, 1.54) is 0 Å². The molecule has 3 rings (SSSR count). The summed E-state index contributed by atoms with van der Waals surface area (Å²) in [6.45, 7) is 0.598. The van der Waals surface area contributed by atoms with Crippen molar-refractivity contribution in [3.05, 3.63) is 30.5 Å². The van der Waals surface area contributed by atoms with E-state index in [4.69, 9.17) is 5.73 Å². The molecule has 1 aromatic heterocycles. The predicted octanol–water partition coefficient (Wildman–Crippen LogP) is 3.60. The van der Waals surface area contributed by atoms with Crippen LogP contribution in [0.3, 0.4) is 0 Å². The fraction of sp³-hybridized carbons (Fsp3) is 0.400. The summed E-state index contributed by atoms with van der Waals surface area (Å²) >= 11 is 0. The molecule has 112 valence electrons. The van der Waals surface area contributed by atoms with Gasteiger partial charge in [-0.15, -0.1) is 0 Å². The third-order valence-corrected chi connectivity index (χ3v) is 4.01. The first kappa shape index (κ1) is 14.0. The largest absolute Gasteiger partial charge is 0.398 e. The molecule has 0 spiro atoms. The second kappa shape index (κ2) is 5.09. The van der Waals surface area contributed by atoms with Crippen molar-refractivity contribution >= 4 is 22.3 Å². The molecule has 1 aromatic carbocycles. The van der Waals surface area contributed by atoms with Crippen molar-refractivity contribution in [2.24, 2.45) is 5.92 Å². The Morgan fingerprint density at radius 2 is 2.05 bits per heavy atom. The van der Waals surface area contributed by atoms with Gasteiger partial charge in [-0.25, -0.2) is 0 Å². The lowest BCUT2D eigenvalue weighted by Crippen LogP contribution is -2.41. The van der Waals surface area contributed by atoms with Crippen LogP contribution in [-0.4, -0.2) is 24.2 Å². The van der Waals surface area contributed by atoms with Gasteiger partial charge in [-0.2, -0.15) is 13.2 Å². The topological polar surface area (TPSA) is 42.1 Å². The summed E-state index contributed by atoms with van der Waals surface area (Å²) in [5.41, 5.74) is 7.90. The molecule has 2 heterocycles. The van der Waals surface area contributed by atoms with Crippen molar-refractivity contribution in [2.75, 3.05) is 23.7 Å². The summed E-state index contributed by atoms with van der Waals surface area (Å²) in [4.78, 5) is 6.08. The lowest BCUT2D eigenvalue weighted by molar-refractivity contribution is -0.175. The molecule has 1 saturated heterocycles. The number of hydrogen-bond donors (Lipinski definition) is 1. The minimum Gasteiger partial charge on any atom is -0.398 e. The van der Waals surface area contributed by atoms with E-state index in [0.29, 0.717) is 24.2 Å². The number of anilines is 2. The molecule has 1 aliphatic heterocycles. The number of fused-ring (bicyclic) bond motifs is 1. The zero-order valence-electron chi connectivity index (χ0n) is 11.4. The predicted molar refractivity (Wildman–Crippen MR) is 77.1 cm³/mol. The summed E-state index contributed by atoms with van der Waals surface area (Å²) in [6, 6.07) is 7.11. The third-order valence-electron chi connectivity index (χ3n) is 4.01. The number of benzene rings is 1. The maximum Gasteiger partial charge on any atom is 0.393 e. The maximum atomic E-state index is 12.9. The van der Waals surface area contributed by atoms with Crippen LogP contribution in [0.15, 0.2) is 30.5 Å². The highest BCUT2D eigenvalue weighted by Gasteiger charge is 2.42. The van der Waals surface area contributed by atoms with Crippen LogP contribution >= 0.6 is 0 Å². The van der Waals surface area contributed by atoms with E-state index in [9.17, 15) is 13.2 Å². The van der Waals surface area contributed by atoms with Gasteiger partial charge in [0.1, 0.15) is 0 Å². The molecule has 0 saturated carbocycles. The van der Waals surface area contributed by atoms with Gasteiger partial charge in [-0.1, -0.05) is 0 Å². The maximum absolute atomic E-state index is 12.9. The smallest absolute Gasteiger partial charge is 0.393 e. The molecule has 3 nitrogen and oxygen atoms in total. The van der Waals surface area contributed by atoms with E-state index in [1.807, 2.05) is 6.07 Å². The quantitative estimate of drug-likeness (QED) is 0.817. The molecule has 0 amide bonds. The summed E-state index contributed by atoms with van der Waals surface area (Å²) in [6.07, 6.45) is -1.78. The average Bonchev–Trinajstić information content (AvgIpc) is 2.47. The number of halogens is 3. The molecule has 0 radical (unpaired) electrons. The standard InChI is InChI=1S/C15H16F3N3/c16-15(17,18)10-3-2-8-21(9-10)13-6-5-12(19)11-4-1-7-20-14(11)13/h1,4-7,10H,2-3,8-9,19H2. The Morgan fingerprint density at radius 3 is 2.81 bits per heavy atom. The highest BCUT2D eigenvalue weighted by molar-refractivity contribution is 5.98.